The summed E-state index contributed by atoms with van der Waals surface area (Å²) in [6, 6.07) is 14.6. The van der Waals surface area contributed by atoms with Crippen molar-refractivity contribution in [3.05, 3.63) is 77.0 Å². The maximum atomic E-state index is 12.8. The first-order valence-electron chi connectivity index (χ1n) is 10.9. The molecule has 154 valence electrons. The Morgan fingerprint density at radius 2 is 1.83 bits per heavy atom. The van der Waals surface area contributed by atoms with Crippen LogP contribution in [-0.4, -0.2) is 28.8 Å². The zero-order valence-corrected chi connectivity index (χ0v) is 17.4. The van der Waals surface area contributed by atoms with E-state index in [0.717, 1.165) is 67.4 Å². The minimum absolute atomic E-state index is 0.0683. The van der Waals surface area contributed by atoms with E-state index in [1.54, 1.807) is 6.26 Å². The van der Waals surface area contributed by atoms with Crippen LogP contribution in [0.4, 0.5) is 5.95 Å². The summed E-state index contributed by atoms with van der Waals surface area (Å²) < 4.78 is 5.57. The molecular weight excluding hydrogens is 374 g/mol. The predicted molar refractivity (Wildman–Crippen MR) is 116 cm³/mol. The molecule has 5 rings (SSSR count). The fourth-order valence-electron chi connectivity index (χ4n) is 4.91. The average molecular weight is 402 g/mol. The Morgan fingerprint density at radius 3 is 2.57 bits per heavy atom. The standard InChI is InChI=1S/C25H27N3O2/c1-17-24-21(15-20(16-22(24)29)23-8-5-13-30-23)27-25(26-17)28-11-9-19(10-12-28)14-18-6-3-2-4-7-18/h2-8,13,19-20H,9-12,14-16H2,1H3/t20-/m1/s1. The van der Waals surface area contributed by atoms with Crippen LogP contribution < -0.4 is 4.90 Å². The van der Waals surface area contributed by atoms with Crippen molar-refractivity contribution in [2.24, 2.45) is 5.92 Å². The van der Waals surface area contributed by atoms with Crippen LogP contribution in [0.15, 0.2) is 53.1 Å². The van der Waals surface area contributed by atoms with Gasteiger partial charge < -0.3 is 9.32 Å². The van der Waals surface area contributed by atoms with Crippen LogP contribution in [0.5, 0.6) is 0 Å². The summed E-state index contributed by atoms with van der Waals surface area (Å²) in [6.45, 7) is 3.87. The highest BCUT2D eigenvalue weighted by Crippen LogP contribution is 2.34. The number of nitrogens with zero attached hydrogens (tertiary/aromatic N) is 3. The molecule has 0 bridgehead atoms. The van der Waals surface area contributed by atoms with Gasteiger partial charge >= 0.3 is 0 Å². The van der Waals surface area contributed by atoms with Crippen molar-refractivity contribution in [3.8, 4) is 0 Å². The zero-order valence-electron chi connectivity index (χ0n) is 17.4. The first-order chi connectivity index (χ1) is 14.7. The molecule has 2 aliphatic rings. The number of rotatable bonds is 4. The van der Waals surface area contributed by atoms with Gasteiger partial charge in [0.2, 0.25) is 5.95 Å². The van der Waals surface area contributed by atoms with E-state index in [1.807, 2.05) is 19.1 Å². The molecule has 1 fully saturated rings. The summed E-state index contributed by atoms with van der Waals surface area (Å²) in [7, 11) is 0. The van der Waals surface area contributed by atoms with E-state index in [9.17, 15) is 4.79 Å². The van der Waals surface area contributed by atoms with Gasteiger partial charge in [-0.25, -0.2) is 9.97 Å². The summed E-state index contributed by atoms with van der Waals surface area (Å²) in [6.07, 6.45) is 6.29. The molecule has 1 aliphatic carbocycles. The van der Waals surface area contributed by atoms with E-state index >= 15 is 0 Å². The highest BCUT2D eigenvalue weighted by atomic mass is 16.3. The van der Waals surface area contributed by atoms with Crippen LogP contribution in [0.2, 0.25) is 0 Å². The number of hydrogen-bond donors (Lipinski definition) is 0. The molecule has 1 aromatic carbocycles. The number of anilines is 1. The molecule has 1 aliphatic heterocycles. The van der Waals surface area contributed by atoms with Crippen molar-refractivity contribution in [2.45, 2.75) is 44.9 Å². The summed E-state index contributed by atoms with van der Waals surface area (Å²) in [4.78, 5) is 24.7. The van der Waals surface area contributed by atoms with Gasteiger partial charge in [-0.2, -0.15) is 0 Å². The van der Waals surface area contributed by atoms with Gasteiger partial charge in [-0.1, -0.05) is 30.3 Å². The van der Waals surface area contributed by atoms with Crippen LogP contribution in [0.25, 0.3) is 0 Å². The number of carbonyl (C=O) groups excluding carboxylic acids is 1. The molecule has 1 saturated heterocycles. The van der Waals surface area contributed by atoms with Crippen molar-refractivity contribution >= 4 is 11.7 Å². The number of aromatic nitrogens is 2. The van der Waals surface area contributed by atoms with Gasteiger partial charge in [0.1, 0.15) is 5.76 Å². The predicted octanol–water partition coefficient (Wildman–Crippen LogP) is 4.75. The Morgan fingerprint density at radius 1 is 1.03 bits per heavy atom. The third kappa shape index (κ3) is 3.76. The topological polar surface area (TPSA) is 59.2 Å². The fourth-order valence-corrected chi connectivity index (χ4v) is 4.91. The lowest BCUT2D eigenvalue weighted by Gasteiger charge is -2.33. The van der Waals surface area contributed by atoms with E-state index < -0.39 is 0 Å². The largest absolute Gasteiger partial charge is 0.469 e. The Labute approximate surface area is 177 Å². The molecule has 2 aromatic heterocycles. The quantitative estimate of drug-likeness (QED) is 0.631. The Kier molecular flexibility index (Phi) is 5.11. The number of piperidine rings is 1. The maximum absolute atomic E-state index is 12.8. The maximum Gasteiger partial charge on any atom is 0.225 e. The van der Waals surface area contributed by atoms with E-state index in [2.05, 4.69) is 35.2 Å². The lowest BCUT2D eigenvalue weighted by molar-refractivity contribution is 0.0958. The highest BCUT2D eigenvalue weighted by Gasteiger charge is 2.32. The third-order valence-corrected chi connectivity index (χ3v) is 6.51. The lowest BCUT2D eigenvalue weighted by atomic mass is 9.84. The van der Waals surface area contributed by atoms with Gasteiger partial charge in [-0.3, -0.25) is 4.79 Å². The van der Waals surface area contributed by atoms with Gasteiger partial charge in [0.25, 0.3) is 0 Å². The highest BCUT2D eigenvalue weighted by molar-refractivity contribution is 5.99. The van der Waals surface area contributed by atoms with Crippen molar-refractivity contribution in [1.29, 1.82) is 0 Å². The minimum Gasteiger partial charge on any atom is -0.469 e. The van der Waals surface area contributed by atoms with Gasteiger partial charge in [-0.05, 0) is 49.8 Å². The van der Waals surface area contributed by atoms with Crippen LogP contribution in [0.3, 0.4) is 0 Å². The number of ketones is 1. The molecule has 3 aromatic rings. The molecule has 30 heavy (non-hydrogen) atoms. The summed E-state index contributed by atoms with van der Waals surface area (Å²) >= 11 is 0. The normalized spacial score (nSPS) is 19.7. The monoisotopic (exact) mass is 401 g/mol. The molecule has 0 N–H and O–H groups in total. The molecule has 5 nitrogen and oxygen atoms in total. The van der Waals surface area contributed by atoms with Crippen LogP contribution in [0, 0.1) is 12.8 Å². The summed E-state index contributed by atoms with van der Waals surface area (Å²) in [5, 5.41) is 0. The van der Waals surface area contributed by atoms with Crippen LogP contribution in [-0.2, 0) is 12.8 Å². The van der Waals surface area contributed by atoms with Gasteiger partial charge in [0.05, 0.1) is 23.2 Å². The second-order valence-corrected chi connectivity index (χ2v) is 8.59. The molecule has 0 spiro atoms. The van der Waals surface area contributed by atoms with E-state index in [0.29, 0.717) is 12.3 Å². The number of fused-ring (bicyclic) bond motifs is 1. The van der Waals surface area contributed by atoms with Gasteiger partial charge in [0, 0.05) is 31.8 Å². The SMILES string of the molecule is Cc1nc(N2CCC(Cc3ccccc3)CC2)nc2c1C(=O)C[C@H](c1ccco1)C2. The number of Topliss-reactive ketones (excluding diaryl/α,β-unsaturated/α-hetero) is 1. The third-order valence-electron chi connectivity index (χ3n) is 6.51. The molecule has 0 radical (unpaired) electrons. The van der Waals surface area contributed by atoms with Gasteiger partial charge in [-0.15, -0.1) is 0 Å². The Hall–Kier alpha value is -2.95. The number of aryl methyl sites for hydroxylation is 1. The Bertz CT molecular complexity index is 1020. The minimum atomic E-state index is 0.0683. The summed E-state index contributed by atoms with van der Waals surface area (Å²) in [5.74, 6) is 2.54. The first-order valence-corrected chi connectivity index (χ1v) is 10.9. The molecule has 1 atom stereocenters. The first kappa shape index (κ1) is 19.0. The molecule has 3 heterocycles. The van der Waals surface area contributed by atoms with Crippen LogP contribution >= 0.6 is 0 Å². The Balaban J connectivity index is 1.31. The zero-order chi connectivity index (χ0) is 20.5. The number of furan rings is 1. The van der Waals surface area contributed by atoms with E-state index in [4.69, 9.17) is 14.4 Å². The smallest absolute Gasteiger partial charge is 0.225 e. The van der Waals surface area contributed by atoms with Crippen molar-refractivity contribution < 1.29 is 9.21 Å². The second kappa shape index (κ2) is 8.05. The number of hydrogen-bond acceptors (Lipinski definition) is 5. The van der Waals surface area contributed by atoms with Gasteiger partial charge in [0.15, 0.2) is 5.78 Å². The fraction of sp³-hybridized carbons (Fsp3) is 0.400. The molecule has 0 amide bonds. The lowest BCUT2D eigenvalue weighted by Crippen LogP contribution is -2.36. The number of benzene rings is 1. The van der Waals surface area contributed by atoms with Crippen molar-refractivity contribution in [1.82, 2.24) is 9.97 Å². The average Bonchev–Trinajstić information content (AvgIpc) is 3.29. The summed E-state index contributed by atoms with van der Waals surface area (Å²) in [5.41, 5.74) is 3.82. The molecule has 0 unspecified atom stereocenters. The van der Waals surface area contributed by atoms with E-state index in [-0.39, 0.29) is 11.7 Å². The second-order valence-electron chi connectivity index (χ2n) is 8.59. The van der Waals surface area contributed by atoms with Crippen molar-refractivity contribution in [2.75, 3.05) is 18.0 Å². The van der Waals surface area contributed by atoms with Crippen molar-refractivity contribution in [3.63, 3.8) is 0 Å². The van der Waals surface area contributed by atoms with Crippen LogP contribution in [0.1, 0.15) is 58.2 Å². The molecule has 5 heteroatoms. The number of carbonyl (C=O) groups is 1. The molecule has 0 saturated carbocycles. The molecular formula is C25H27N3O2. The van der Waals surface area contributed by atoms with E-state index in [1.165, 1.54) is 5.56 Å².